The van der Waals surface area contributed by atoms with E-state index in [4.69, 9.17) is 10.6 Å². The van der Waals surface area contributed by atoms with Crippen molar-refractivity contribution in [2.45, 2.75) is 11.6 Å². The zero-order valence-electron chi connectivity index (χ0n) is 17.4. The summed E-state index contributed by atoms with van der Waals surface area (Å²) in [7, 11) is 1.52. The van der Waals surface area contributed by atoms with Crippen LogP contribution >= 0.6 is 11.8 Å². The summed E-state index contributed by atoms with van der Waals surface area (Å²) in [5.74, 6) is 4.78. The summed E-state index contributed by atoms with van der Waals surface area (Å²) in [6.45, 7) is 0. The number of thioether (sulfide) groups is 1. The monoisotopic (exact) mass is 466 g/mol. The number of Topliss-reactive ketones (excluding diaryl/α,β-unsaturated/α-hetero) is 1. The number of carbonyl (C=O) groups is 1. The Bertz CT molecular complexity index is 1340. The fourth-order valence-corrected chi connectivity index (χ4v) is 3.71. The van der Waals surface area contributed by atoms with E-state index >= 15 is 0 Å². The van der Waals surface area contributed by atoms with E-state index in [9.17, 15) is 14.7 Å². The fourth-order valence-electron chi connectivity index (χ4n) is 3.00. The van der Waals surface area contributed by atoms with Gasteiger partial charge in [-0.3, -0.25) is 9.59 Å². The Balaban J connectivity index is 1.51. The molecule has 11 nitrogen and oxygen atoms in total. The van der Waals surface area contributed by atoms with Crippen molar-refractivity contribution < 1.29 is 23.8 Å². The number of ketones is 1. The van der Waals surface area contributed by atoms with Crippen LogP contribution in [0.3, 0.4) is 0 Å². The number of ether oxygens (including phenoxy) is 1. The van der Waals surface area contributed by atoms with Crippen LogP contribution < -0.4 is 25.9 Å². The molecule has 2 aromatic heterocycles. The fraction of sp³-hybridized carbons (Fsp3) is 0.143. The molecule has 0 atom stereocenters. The summed E-state index contributed by atoms with van der Waals surface area (Å²) in [4.78, 5) is 25.3. The maximum Gasteiger partial charge on any atom is 0.307 e. The number of methoxy groups -OCH3 is 1. The molecule has 4 aromatic rings. The minimum Gasteiger partial charge on any atom is -0.539 e. The highest BCUT2D eigenvalue weighted by atomic mass is 32.2. The number of carbonyl (C=O) groups excluding carboxylic acids is 1. The Morgan fingerprint density at radius 3 is 2.61 bits per heavy atom. The lowest BCUT2D eigenvalue weighted by molar-refractivity contribution is -0.672. The Hall–Kier alpha value is -4.19. The molecule has 168 valence electrons. The molecule has 0 saturated carbocycles. The number of aromatic nitrogens is 5. The number of nitrogen functional groups attached to an aromatic ring is 1. The first kappa shape index (κ1) is 22.0. The van der Waals surface area contributed by atoms with Crippen LogP contribution in [0, 0.1) is 0 Å². The zero-order chi connectivity index (χ0) is 23.4. The van der Waals surface area contributed by atoms with E-state index in [0.29, 0.717) is 11.4 Å². The molecule has 0 fully saturated rings. The van der Waals surface area contributed by atoms with Gasteiger partial charge in [0.1, 0.15) is 11.4 Å². The van der Waals surface area contributed by atoms with Crippen molar-refractivity contribution in [2.75, 3.05) is 18.7 Å². The molecule has 0 spiro atoms. The van der Waals surface area contributed by atoms with Crippen molar-refractivity contribution >= 4 is 17.5 Å². The van der Waals surface area contributed by atoms with E-state index in [1.807, 2.05) is 30.3 Å². The Kier molecular flexibility index (Phi) is 6.36. The normalized spacial score (nSPS) is 10.8. The molecule has 2 aromatic carbocycles. The van der Waals surface area contributed by atoms with Crippen LogP contribution in [0.5, 0.6) is 11.7 Å². The summed E-state index contributed by atoms with van der Waals surface area (Å²) >= 11 is 0.874. The van der Waals surface area contributed by atoms with Gasteiger partial charge in [0.05, 0.1) is 18.1 Å². The quantitative estimate of drug-likeness (QED) is 0.166. The number of hydrogen-bond donors (Lipinski definition) is 1. The van der Waals surface area contributed by atoms with E-state index < -0.39 is 17.3 Å². The molecule has 2 heterocycles. The summed E-state index contributed by atoms with van der Waals surface area (Å²) in [6, 6.07) is 15.9. The highest BCUT2D eigenvalue weighted by molar-refractivity contribution is 7.99. The standard InChI is InChI=1S/C21H18N6O5S/c1-31-15-9-7-14(8-10-15)27-18(20(30)32-25-27)17(28)12-33-21-24-23-16(19(29)26(21)22)11-13-5-3-2-4-6-13/h2-10H,11-12,22H2,1H3. The second kappa shape index (κ2) is 9.53. The number of nitrogens with two attached hydrogens (primary N) is 1. The average Bonchev–Trinajstić information content (AvgIpc) is 3.23. The maximum atomic E-state index is 12.8. The molecular weight excluding hydrogens is 448 g/mol. The Labute approximate surface area is 191 Å². The van der Waals surface area contributed by atoms with Gasteiger partial charge in [-0.1, -0.05) is 42.1 Å². The van der Waals surface area contributed by atoms with E-state index in [2.05, 4.69) is 20.0 Å². The molecule has 0 aliphatic rings. The molecule has 0 saturated heterocycles. The highest BCUT2D eigenvalue weighted by Gasteiger charge is 2.28. The molecule has 0 unspecified atom stereocenters. The predicted octanol–water partition coefficient (Wildman–Crippen LogP) is 0.265. The summed E-state index contributed by atoms with van der Waals surface area (Å²) < 4.78 is 11.7. The molecule has 4 rings (SSSR count). The van der Waals surface area contributed by atoms with Crippen molar-refractivity contribution in [3.63, 3.8) is 0 Å². The SMILES string of the molecule is COc1ccc(-[n+]2noc([O-])c2C(=O)CSc2nnc(Cc3ccccc3)c(=O)n2N)cc1. The van der Waals surface area contributed by atoms with Crippen molar-refractivity contribution in [3.05, 3.63) is 81.9 Å². The van der Waals surface area contributed by atoms with Gasteiger partial charge in [0.2, 0.25) is 16.6 Å². The first-order chi connectivity index (χ1) is 16.0. The van der Waals surface area contributed by atoms with Crippen LogP contribution in [-0.4, -0.2) is 38.8 Å². The van der Waals surface area contributed by atoms with E-state index in [-0.39, 0.29) is 28.7 Å². The number of rotatable bonds is 8. The minimum atomic E-state index is -0.883. The molecule has 2 N–H and O–H groups in total. The summed E-state index contributed by atoms with van der Waals surface area (Å²) in [5.41, 5.74) is 0.713. The lowest BCUT2D eigenvalue weighted by atomic mass is 10.1. The first-order valence-electron chi connectivity index (χ1n) is 9.65. The molecule has 0 bridgehead atoms. The number of nitrogens with zero attached hydrogens (tertiary/aromatic N) is 5. The van der Waals surface area contributed by atoms with Crippen LogP contribution in [0.2, 0.25) is 0 Å². The highest BCUT2D eigenvalue weighted by Crippen LogP contribution is 2.18. The third kappa shape index (κ3) is 4.70. The van der Waals surface area contributed by atoms with E-state index in [1.54, 1.807) is 24.3 Å². The third-order valence-corrected chi connectivity index (χ3v) is 5.61. The molecule has 0 aliphatic heterocycles. The lowest BCUT2D eigenvalue weighted by Gasteiger charge is -2.07. The van der Waals surface area contributed by atoms with Crippen LogP contribution in [0.15, 0.2) is 69.1 Å². The number of hydrogen-bond acceptors (Lipinski definition) is 10. The molecular formula is C21H18N6O5S. The molecule has 0 aliphatic carbocycles. The van der Waals surface area contributed by atoms with Crippen molar-refractivity contribution in [1.29, 1.82) is 0 Å². The van der Waals surface area contributed by atoms with Gasteiger partial charge in [-0.15, -0.1) is 10.2 Å². The Morgan fingerprint density at radius 1 is 1.18 bits per heavy atom. The number of benzene rings is 2. The molecule has 33 heavy (non-hydrogen) atoms. The van der Waals surface area contributed by atoms with Crippen LogP contribution in [0.25, 0.3) is 5.69 Å². The van der Waals surface area contributed by atoms with Crippen LogP contribution in [0.4, 0.5) is 0 Å². The Morgan fingerprint density at radius 2 is 1.91 bits per heavy atom. The van der Waals surface area contributed by atoms with Crippen LogP contribution in [0.1, 0.15) is 21.7 Å². The van der Waals surface area contributed by atoms with Crippen molar-refractivity contribution in [3.8, 4) is 17.4 Å². The van der Waals surface area contributed by atoms with E-state index in [1.165, 1.54) is 7.11 Å². The predicted molar refractivity (Wildman–Crippen MR) is 115 cm³/mol. The molecule has 0 amide bonds. The summed E-state index contributed by atoms with van der Waals surface area (Å²) in [5, 5.41) is 23.7. The van der Waals surface area contributed by atoms with Gasteiger partial charge in [-0.2, -0.15) is 4.68 Å². The second-order valence-corrected chi connectivity index (χ2v) is 7.74. The lowest BCUT2D eigenvalue weighted by Crippen LogP contribution is -2.39. The zero-order valence-corrected chi connectivity index (χ0v) is 18.2. The third-order valence-electron chi connectivity index (χ3n) is 4.67. The molecule has 0 radical (unpaired) electrons. The second-order valence-electron chi connectivity index (χ2n) is 6.80. The summed E-state index contributed by atoms with van der Waals surface area (Å²) in [6.07, 6.45) is 0.274. The topological polar surface area (TPSA) is 153 Å². The van der Waals surface area contributed by atoms with Crippen molar-refractivity contribution in [1.82, 2.24) is 20.1 Å². The first-order valence-corrected chi connectivity index (χ1v) is 10.6. The van der Waals surface area contributed by atoms with Gasteiger partial charge in [-0.25, -0.2) is 0 Å². The smallest absolute Gasteiger partial charge is 0.307 e. The van der Waals surface area contributed by atoms with E-state index in [0.717, 1.165) is 26.7 Å². The molecule has 12 heteroatoms. The largest absolute Gasteiger partial charge is 0.539 e. The van der Waals surface area contributed by atoms with Gasteiger partial charge in [0.25, 0.3) is 5.56 Å². The van der Waals surface area contributed by atoms with Gasteiger partial charge >= 0.3 is 5.69 Å². The van der Waals surface area contributed by atoms with Gasteiger partial charge in [0.15, 0.2) is 5.95 Å². The maximum absolute atomic E-state index is 12.8. The van der Waals surface area contributed by atoms with Crippen molar-refractivity contribution in [2.24, 2.45) is 0 Å². The average molecular weight is 466 g/mol. The van der Waals surface area contributed by atoms with Gasteiger partial charge < -0.3 is 20.2 Å². The van der Waals surface area contributed by atoms with Crippen LogP contribution in [-0.2, 0) is 6.42 Å². The minimum absolute atomic E-state index is 0.0325. The van der Waals surface area contributed by atoms with Gasteiger partial charge in [0, 0.05) is 18.6 Å². The van der Waals surface area contributed by atoms with Gasteiger partial charge in [-0.05, 0) is 22.4 Å².